The number of sulfone groups is 1. The minimum atomic E-state index is -3.95. The van der Waals surface area contributed by atoms with Crippen LogP contribution in [0.4, 0.5) is 10.1 Å². The van der Waals surface area contributed by atoms with Gasteiger partial charge < -0.3 is 10.6 Å². The molecule has 0 spiro atoms. The summed E-state index contributed by atoms with van der Waals surface area (Å²) in [5, 5.41) is 5.69. The van der Waals surface area contributed by atoms with Gasteiger partial charge in [0.25, 0.3) is 5.91 Å². The Bertz CT molecular complexity index is 982. The lowest BCUT2D eigenvalue weighted by Gasteiger charge is -2.16. The Balaban J connectivity index is 2.06. The number of carbonyl (C=O) groups excluding carboxylic acids is 1. The summed E-state index contributed by atoms with van der Waals surface area (Å²) in [6.45, 7) is 3.88. The molecule has 0 aromatic heterocycles. The first-order chi connectivity index (χ1) is 12.3. The third-order valence-electron chi connectivity index (χ3n) is 4.25. The average Bonchev–Trinajstić information content (AvgIpc) is 2.84. The molecule has 0 aliphatic carbocycles. The molecule has 1 aliphatic heterocycles. The fraction of sp³-hybridized carbons (Fsp3) is 0.211. The van der Waals surface area contributed by atoms with E-state index < -0.39 is 21.6 Å². The van der Waals surface area contributed by atoms with Crippen molar-refractivity contribution in [2.24, 2.45) is 0 Å². The average molecular weight is 374 g/mol. The molecule has 2 N–H and O–H groups in total. The van der Waals surface area contributed by atoms with Crippen molar-refractivity contribution in [3.8, 4) is 0 Å². The van der Waals surface area contributed by atoms with Crippen LogP contribution in [-0.2, 0) is 14.6 Å². The van der Waals surface area contributed by atoms with Crippen molar-refractivity contribution in [3.63, 3.8) is 0 Å². The molecule has 1 aliphatic rings. The van der Waals surface area contributed by atoms with Crippen molar-refractivity contribution in [1.82, 2.24) is 5.32 Å². The summed E-state index contributed by atoms with van der Waals surface area (Å²) in [6, 6.07) is 11.7. The summed E-state index contributed by atoms with van der Waals surface area (Å²) in [5.41, 5.74) is 1.10. The number of carbonyl (C=O) groups is 1. The van der Waals surface area contributed by atoms with Crippen LogP contribution in [0.2, 0.25) is 0 Å². The molecule has 1 amide bonds. The number of benzene rings is 2. The monoisotopic (exact) mass is 374 g/mol. The molecule has 0 saturated heterocycles. The number of hydrogen-bond donors (Lipinski definition) is 2. The van der Waals surface area contributed by atoms with Crippen LogP contribution in [0.5, 0.6) is 0 Å². The van der Waals surface area contributed by atoms with Gasteiger partial charge in [0.05, 0.1) is 10.6 Å². The maximum atomic E-state index is 13.0. The van der Waals surface area contributed by atoms with Gasteiger partial charge >= 0.3 is 0 Å². The zero-order valence-corrected chi connectivity index (χ0v) is 15.2. The normalized spacial score (nSPS) is 16.1. The fourth-order valence-corrected chi connectivity index (χ4v) is 4.39. The predicted octanol–water partition coefficient (Wildman–Crippen LogP) is 3.31. The van der Waals surface area contributed by atoms with Crippen LogP contribution in [0.25, 0.3) is 5.70 Å². The van der Waals surface area contributed by atoms with Crippen molar-refractivity contribution in [2.45, 2.75) is 31.2 Å². The Hall–Kier alpha value is -2.67. The van der Waals surface area contributed by atoms with E-state index in [1.54, 1.807) is 18.2 Å². The van der Waals surface area contributed by atoms with Gasteiger partial charge in [0.1, 0.15) is 5.82 Å². The molecular formula is C19H19FN2O3S. The SMILES string of the molecule is CCC(C)NC1=C(C(=O)Nc2ccc(F)cc2)S(=O)(=O)c2ccccc21. The molecule has 136 valence electrons. The first-order valence-electron chi connectivity index (χ1n) is 8.26. The molecule has 3 rings (SSSR count). The highest BCUT2D eigenvalue weighted by Gasteiger charge is 2.40. The van der Waals surface area contributed by atoms with Crippen LogP contribution in [-0.4, -0.2) is 20.4 Å². The second-order valence-electron chi connectivity index (χ2n) is 6.12. The van der Waals surface area contributed by atoms with Crippen molar-refractivity contribution < 1.29 is 17.6 Å². The van der Waals surface area contributed by atoms with Gasteiger partial charge in [0, 0.05) is 17.3 Å². The summed E-state index contributed by atoms with van der Waals surface area (Å²) in [6.07, 6.45) is 0.762. The molecule has 2 aromatic rings. The van der Waals surface area contributed by atoms with E-state index >= 15 is 0 Å². The van der Waals surface area contributed by atoms with Gasteiger partial charge in [-0.15, -0.1) is 0 Å². The van der Waals surface area contributed by atoms with Crippen molar-refractivity contribution in [1.29, 1.82) is 0 Å². The lowest BCUT2D eigenvalue weighted by molar-refractivity contribution is -0.112. The van der Waals surface area contributed by atoms with Gasteiger partial charge in [-0.2, -0.15) is 0 Å². The van der Waals surface area contributed by atoms with Gasteiger partial charge in [0.15, 0.2) is 4.91 Å². The maximum Gasteiger partial charge on any atom is 0.269 e. The number of fused-ring (bicyclic) bond motifs is 1. The minimum Gasteiger partial charge on any atom is -0.381 e. The van der Waals surface area contributed by atoms with E-state index in [0.717, 1.165) is 6.42 Å². The third kappa shape index (κ3) is 3.22. The lowest BCUT2D eigenvalue weighted by atomic mass is 10.1. The fourth-order valence-electron chi connectivity index (χ4n) is 2.72. The Kier molecular flexibility index (Phi) is 4.82. The molecule has 1 atom stereocenters. The Labute approximate surface area is 151 Å². The van der Waals surface area contributed by atoms with Gasteiger partial charge in [-0.05, 0) is 43.7 Å². The molecule has 0 fully saturated rings. The van der Waals surface area contributed by atoms with E-state index in [4.69, 9.17) is 0 Å². The highest BCUT2D eigenvalue weighted by atomic mass is 32.2. The molecule has 1 heterocycles. The van der Waals surface area contributed by atoms with Crippen molar-refractivity contribution in [3.05, 3.63) is 64.8 Å². The van der Waals surface area contributed by atoms with Crippen LogP contribution in [0.1, 0.15) is 25.8 Å². The predicted molar refractivity (Wildman–Crippen MR) is 98.5 cm³/mol. The molecule has 2 aromatic carbocycles. The van der Waals surface area contributed by atoms with Crippen LogP contribution in [0.15, 0.2) is 58.3 Å². The zero-order valence-electron chi connectivity index (χ0n) is 14.4. The Morgan fingerprint density at radius 3 is 2.42 bits per heavy atom. The zero-order chi connectivity index (χ0) is 18.9. The minimum absolute atomic E-state index is 0.0139. The molecule has 26 heavy (non-hydrogen) atoms. The number of rotatable bonds is 5. The standard InChI is InChI=1S/C19H19FN2O3S/c1-3-12(2)21-17-15-6-4-5-7-16(15)26(24,25)18(17)19(23)22-14-10-8-13(20)9-11-14/h4-12,21H,3H2,1-2H3,(H,22,23). The smallest absolute Gasteiger partial charge is 0.269 e. The summed E-state index contributed by atoms with van der Waals surface area (Å²) < 4.78 is 38.9. The maximum absolute atomic E-state index is 13.0. The number of nitrogens with one attached hydrogen (secondary N) is 2. The quantitative estimate of drug-likeness (QED) is 0.842. The number of amides is 1. The number of hydrogen-bond acceptors (Lipinski definition) is 4. The molecule has 0 radical (unpaired) electrons. The van der Waals surface area contributed by atoms with Crippen LogP contribution < -0.4 is 10.6 Å². The van der Waals surface area contributed by atoms with Gasteiger partial charge in [-0.1, -0.05) is 25.1 Å². The van der Waals surface area contributed by atoms with Crippen LogP contribution in [0.3, 0.4) is 0 Å². The highest BCUT2D eigenvalue weighted by Crippen LogP contribution is 2.38. The summed E-state index contributed by atoms with van der Waals surface area (Å²) in [4.78, 5) is 12.6. The largest absolute Gasteiger partial charge is 0.381 e. The molecule has 7 heteroatoms. The van der Waals surface area contributed by atoms with Crippen LogP contribution >= 0.6 is 0 Å². The first kappa shape index (κ1) is 18.1. The molecule has 1 unspecified atom stereocenters. The third-order valence-corrected chi connectivity index (χ3v) is 6.12. The Morgan fingerprint density at radius 2 is 1.77 bits per heavy atom. The van der Waals surface area contributed by atoms with Crippen LogP contribution in [0, 0.1) is 5.82 Å². The van der Waals surface area contributed by atoms with Gasteiger partial charge in [-0.3, -0.25) is 4.79 Å². The molecule has 0 bridgehead atoms. The summed E-state index contributed by atoms with van der Waals surface area (Å²) in [5.74, 6) is -1.19. The summed E-state index contributed by atoms with van der Waals surface area (Å²) >= 11 is 0. The Morgan fingerprint density at radius 1 is 1.12 bits per heavy atom. The van der Waals surface area contributed by atoms with E-state index in [2.05, 4.69) is 10.6 Å². The van der Waals surface area contributed by atoms with E-state index in [1.165, 1.54) is 30.3 Å². The van der Waals surface area contributed by atoms with Crippen molar-refractivity contribution in [2.75, 3.05) is 5.32 Å². The molecular weight excluding hydrogens is 355 g/mol. The first-order valence-corrected chi connectivity index (χ1v) is 9.75. The van der Waals surface area contributed by atoms with Crippen molar-refractivity contribution >= 4 is 27.1 Å². The van der Waals surface area contributed by atoms with E-state index in [1.807, 2.05) is 13.8 Å². The van der Waals surface area contributed by atoms with E-state index in [-0.39, 0.29) is 15.8 Å². The van der Waals surface area contributed by atoms with Gasteiger partial charge in [0.2, 0.25) is 9.84 Å². The van der Waals surface area contributed by atoms with Gasteiger partial charge in [-0.25, -0.2) is 12.8 Å². The molecule has 5 nitrogen and oxygen atoms in total. The summed E-state index contributed by atoms with van der Waals surface area (Å²) in [7, 11) is -3.95. The second kappa shape index (κ2) is 6.92. The highest BCUT2D eigenvalue weighted by molar-refractivity contribution is 7.97. The second-order valence-corrected chi connectivity index (χ2v) is 7.97. The lowest BCUT2D eigenvalue weighted by Crippen LogP contribution is -2.27. The van der Waals surface area contributed by atoms with E-state index in [0.29, 0.717) is 16.9 Å². The molecule has 0 saturated carbocycles. The topological polar surface area (TPSA) is 75.3 Å². The number of anilines is 1. The van der Waals surface area contributed by atoms with E-state index in [9.17, 15) is 17.6 Å². The number of halogens is 1.